The van der Waals surface area contributed by atoms with Gasteiger partial charge in [-0.25, -0.2) is 4.68 Å². The number of fused-ring (bicyclic) bond motifs is 2. The number of aromatic nitrogens is 4. The zero-order chi connectivity index (χ0) is 20.2. The maximum absolute atomic E-state index is 13.1. The maximum atomic E-state index is 13.1. The number of hydrogen-bond acceptors (Lipinski definition) is 5. The van der Waals surface area contributed by atoms with Gasteiger partial charge in [-0.15, -0.1) is 5.10 Å². The number of amides is 1. The second kappa shape index (κ2) is 6.37. The lowest BCUT2D eigenvalue weighted by Crippen LogP contribution is -2.37. The van der Waals surface area contributed by atoms with Gasteiger partial charge in [0.25, 0.3) is 5.91 Å². The molecule has 148 valence electrons. The van der Waals surface area contributed by atoms with Crippen molar-refractivity contribution in [2.45, 2.75) is 26.2 Å². The molecule has 8 heteroatoms. The van der Waals surface area contributed by atoms with Crippen LogP contribution in [-0.2, 0) is 4.79 Å². The lowest BCUT2D eigenvalue weighted by molar-refractivity contribution is -0.149. The predicted molar refractivity (Wildman–Crippen MR) is 105 cm³/mol. The summed E-state index contributed by atoms with van der Waals surface area (Å²) in [5.41, 5.74) is 1.80. The number of benzene rings is 1. The Hall–Kier alpha value is -3.29. The van der Waals surface area contributed by atoms with E-state index >= 15 is 0 Å². The van der Waals surface area contributed by atoms with Gasteiger partial charge in [-0.1, -0.05) is 17.7 Å². The molecule has 1 aromatic carbocycles. The molecule has 3 aromatic rings. The van der Waals surface area contributed by atoms with Crippen molar-refractivity contribution >= 4 is 22.8 Å². The number of aliphatic carboxylic acids is 1. The van der Waals surface area contributed by atoms with E-state index in [-0.39, 0.29) is 24.1 Å². The maximum Gasteiger partial charge on any atom is 0.311 e. The molecule has 2 atom stereocenters. The van der Waals surface area contributed by atoms with E-state index in [1.807, 2.05) is 37.3 Å². The summed E-state index contributed by atoms with van der Waals surface area (Å²) >= 11 is 0. The molecule has 29 heavy (non-hydrogen) atoms. The largest absolute Gasteiger partial charge is 0.481 e. The van der Waals surface area contributed by atoms with E-state index in [0.717, 1.165) is 29.4 Å². The molecule has 0 unspecified atom stereocenters. The SMILES string of the molecule is Cc1c(C(=O)N2C[C@@H]3CCC[C@@]3(C(=O)O)C2)nnn1-c1ccc2ncccc2c1. The van der Waals surface area contributed by atoms with Crippen molar-refractivity contribution < 1.29 is 14.7 Å². The van der Waals surface area contributed by atoms with E-state index in [2.05, 4.69) is 15.3 Å². The van der Waals surface area contributed by atoms with E-state index < -0.39 is 11.4 Å². The first kappa shape index (κ1) is 17.8. The minimum atomic E-state index is -0.801. The first-order valence-electron chi connectivity index (χ1n) is 9.80. The van der Waals surface area contributed by atoms with Crippen LogP contribution in [0.1, 0.15) is 35.4 Å². The molecule has 0 radical (unpaired) electrons. The van der Waals surface area contributed by atoms with Crippen molar-refractivity contribution in [3.05, 3.63) is 47.9 Å². The minimum Gasteiger partial charge on any atom is -0.481 e. The number of pyridine rings is 1. The van der Waals surface area contributed by atoms with Crippen LogP contribution in [0.25, 0.3) is 16.6 Å². The van der Waals surface area contributed by atoms with Gasteiger partial charge in [0.05, 0.1) is 22.3 Å². The Morgan fingerprint density at radius 3 is 2.93 bits per heavy atom. The summed E-state index contributed by atoms with van der Waals surface area (Å²) < 4.78 is 1.64. The highest BCUT2D eigenvalue weighted by Crippen LogP contribution is 2.49. The molecule has 1 amide bonds. The van der Waals surface area contributed by atoms with Gasteiger partial charge >= 0.3 is 5.97 Å². The predicted octanol–water partition coefficient (Wildman–Crippen LogP) is 2.45. The zero-order valence-corrected chi connectivity index (χ0v) is 16.1. The van der Waals surface area contributed by atoms with Crippen LogP contribution in [0.2, 0.25) is 0 Å². The normalized spacial score (nSPS) is 23.5. The summed E-state index contributed by atoms with van der Waals surface area (Å²) in [5.74, 6) is -1.01. The monoisotopic (exact) mass is 391 g/mol. The number of likely N-dealkylation sites (tertiary alicyclic amines) is 1. The molecule has 3 heterocycles. The molecule has 2 aliphatic rings. The number of carboxylic acid groups (broad SMARTS) is 1. The molecular formula is C21H21N5O3. The van der Waals surface area contributed by atoms with Crippen molar-refractivity contribution in [2.24, 2.45) is 11.3 Å². The second-order valence-electron chi connectivity index (χ2n) is 8.05. The lowest BCUT2D eigenvalue weighted by atomic mass is 9.81. The van der Waals surface area contributed by atoms with Crippen LogP contribution < -0.4 is 0 Å². The van der Waals surface area contributed by atoms with Crippen molar-refractivity contribution in [2.75, 3.05) is 13.1 Å². The topological polar surface area (TPSA) is 101 Å². The Morgan fingerprint density at radius 2 is 2.14 bits per heavy atom. The molecule has 1 aliphatic heterocycles. The Balaban J connectivity index is 1.45. The lowest BCUT2D eigenvalue weighted by Gasteiger charge is -2.23. The van der Waals surface area contributed by atoms with Gasteiger partial charge in [0.1, 0.15) is 0 Å². The summed E-state index contributed by atoms with van der Waals surface area (Å²) in [6.07, 6.45) is 4.14. The summed E-state index contributed by atoms with van der Waals surface area (Å²) in [6, 6.07) is 9.60. The van der Waals surface area contributed by atoms with Crippen molar-refractivity contribution in [1.29, 1.82) is 0 Å². The van der Waals surface area contributed by atoms with Crippen LogP contribution >= 0.6 is 0 Å². The first-order chi connectivity index (χ1) is 14.0. The van der Waals surface area contributed by atoms with E-state index in [4.69, 9.17) is 0 Å². The molecule has 2 fully saturated rings. The van der Waals surface area contributed by atoms with E-state index in [1.54, 1.807) is 15.8 Å². The quantitative estimate of drug-likeness (QED) is 0.736. The molecule has 0 spiro atoms. The smallest absolute Gasteiger partial charge is 0.311 e. The van der Waals surface area contributed by atoms with Gasteiger partial charge in [-0.2, -0.15) is 0 Å². The van der Waals surface area contributed by atoms with Crippen LogP contribution in [0.3, 0.4) is 0 Å². The number of carbonyl (C=O) groups excluding carboxylic acids is 1. The molecule has 2 aromatic heterocycles. The second-order valence-corrected chi connectivity index (χ2v) is 8.05. The van der Waals surface area contributed by atoms with Crippen LogP contribution in [0.15, 0.2) is 36.5 Å². The van der Waals surface area contributed by atoms with Crippen LogP contribution in [-0.4, -0.2) is 55.0 Å². The first-order valence-corrected chi connectivity index (χ1v) is 9.80. The van der Waals surface area contributed by atoms with E-state index in [9.17, 15) is 14.7 Å². The molecule has 5 rings (SSSR count). The molecule has 8 nitrogen and oxygen atoms in total. The minimum absolute atomic E-state index is 0.0206. The average molecular weight is 391 g/mol. The highest BCUT2D eigenvalue weighted by Gasteiger charge is 2.56. The zero-order valence-electron chi connectivity index (χ0n) is 16.1. The fourth-order valence-electron chi connectivity index (χ4n) is 4.91. The highest BCUT2D eigenvalue weighted by molar-refractivity contribution is 5.94. The van der Waals surface area contributed by atoms with E-state index in [0.29, 0.717) is 18.7 Å². The van der Waals surface area contributed by atoms with Gasteiger partial charge in [-0.3, -0.25) is 14.6 Å². The number of carboxylic acids is 1. The summed E-state index contributed by atoms with van der Waals surface area (Å²) in [7, 11) is 0. The number of rotatable bonds is 3. The summed E-state index contributed by atoms with van der Waals surface area (Å²) in [5, 5.41) is 19.1. The van der Waals surface area contributed by atoms with Gasteiger partial charge in [0, 0.05) is 24.7 Å². The van der Waals surface area contributed by atoms with Crippen molar-refractivity contribution in [1.82, 2.24) is 24.9 Å². The molecule has 1 N–H and O–H groups in total. The van der Waals surface area contributed by atoms with Gasteiger partial charge in [0.15, 0.2) is 5.69 Å². The third kappa shape index (κ3) is 2.62. The Morgan fingerprint density at radius 1 is 1.28 bits per heavy atom. The Labute approximate surface area is 167 Å². The van der Waals surface area contributed by atoms with Crippen LogP contribution in [0.5, 0.6) is 0 Å². The summed E-state index contributed by atoms with van der Waals surface area (Å²) in [6.45, 7) is 2.53. The Kier molecular flexibility index (Phi) is 3.90. The standard InChI is InChI=1S/C21H21N5O3/c1-13-18(19(27)25-11-15-5-2-8-21(15,12-25)20(28)29)23-24-26(13)16-6-7-17-14(10-16)4-3-9-22-17/h3-4,6-7,9-10,15H,2,5,8,11-12H2,1H3,(H,28,29)/t15-,21+/m0/s1. The molecule has 1 saturated carbocycles. The fourth-order valence-corrected chi connectivity index (χ4v) is 4.91. The number of carbonyl (C=O) groups is 2. The third-order valence-electron chi connectivity index (χ3n) is 6.51. The molecular weight excluding hydrogens is 370 g/mol. The average Bonchev–Trinajstić information content (AvgIpc) is 3.39. The van der Waals surface area contributed by atoms with Gasteiger partial charge < -0.3 is 10.0 Å². The molecule has 1 saturated heterocycles. The van der Waals surface area contributed by atoms with Crippen LogP contribution in [0, 0.1) is 18.3 Å². The van der Waals surface area contributed by atoms with Gasteiger partial charge in [0.2, 0.25) is 0 Å². The third-order valence-corrected chi connectivity index (χ3v) is 6.51. The van der Waals surface area contributed by atoms with Crippen molar-refractivity contribution in [3.63, 3.8) is 0 Å². The number of hydrogen-bond donors (Lipinski definition) is 1. The van der Waals surface area contributed by atoms with Crippen LogP contribution in [0.4, 0.5) is 0 Å². The number of nitrogens with zero attached hydrogens (tertiary/aromatic N) is 5. The molecule has 1 aliphatic carbocycles. The molecule has 0 bridgehead atoms. The van der Waals surface area contributed by atoms with Crippen molar-refractivity contribution in [3.8, 4) is 5.69 Å². The highest BCUT2D eigenvalue weighted by atomic mass is 16.4. The fraction of sp³-hybridized carbons (Fsp3) is 0.381. The van der Waals surface area contributed by atoms with Gasteiger partial charge in [-0.05, 0) is 49.9 Å². The van der Waals surface area contributed by atoms with E-state index in [1.165, 1.54) is 0 Å². The summed E-state index contributed by atoms with van der Waals surface area (Å²) in [4.78, 5) is 31.0. The Bertz CT molecular complexity index is 1140.